The molecule has 2 aromatic heterocycles. The number of halogens is 1. The fourth-order valence-electron chi connectivity index (χ4n) is 1.52. The summed E-state index contributed by atoms with van der Waals surface area (Å²) in [4.78, 5) is 13.1. The van der Waals surface area contributed by atoms with Crippen LogP contribution in [0.25, 0.3) is 0 Å². The van der Waals surface area contributed by atoms with Gasteiger partial charge in [-0.15, -0.1) is 0 Å². The maximum absolute atomic E-state index is 6.14. The Balaban J connectivity index is 2.33. The van der Waals surface area contributed by atoms with Crippen LogP contribution in [0.3, 0.4) is 0 Å². The summed E-state index contributed by atoms with van der Waals surface area (Å²) >= 11 is 7.53. The summed E-state index contributed by atoms with van der Waals surface area (Å²) in [6, 6.07) is 0. The lowest BCUT2D eigenvalue weighted by Gasteiger charge is -2.06. The van der Waals surface area contributed by atoms with Gasteiger partial charge in [0.25, 0.3) is 5.22 Å². The van der Waals surface area contributed by atoms with Gasteiger partial charge in [-0.1, -0.05) is 18.5 Å². The summed E-state index contributed by atoms with van der Waals surface area (Å²) in [6.07, 6.45) is 1.80. The summed E-state index contributed by atoms with van der Waals surface area (Å²) in [5.41, 5.74) is 1.76. The molecule has 0 N–H and O–H groups in total. The van der Waals surface area contributed by atoms with Crippen LogP contribution < -0.4 is 0 Å². The molecule has 0 bridgehead atoms. The average Bonchev–Trinajstić information content (AvgIpc) is 2.65. The van der Waals surface area contributed by atoms with Crippen LogP contribution in [0.1, 0.15) is 36.2 Å². The molecule has 0 amide bonds. The zero-order valence-electron chi connectivity index (χ0n) is 11.5. The Bertz CT molecular complexity index is 578. The number of nitrogens with zero attached hydrogens (tertiary/aromatic N) is 3. The smallest absolute Gasteiger partial charge is 0.262 e. The lowest BCUT2D eigenvalue weighted by atomic mass is 10.3. The molecule has 0 radical (unpaired) electrons. The molecule has 6 heteroatoms. The van der Waals surface area contributed by atoms with Gasteiger partial charge in [0, 0.05) is 12.0 Å². The van der Waals surface area contributed by atoms with Crippen molar-refractivity contribution in [1.82, 2.24) is 15.0 Å². The van der Waals surface area contributed by atoms with Crippen LogP contribution in [-0.4, -0.2) is 15.0 Å². The largest absolute Gasteiger partial charge is 0.436 e. The zero-order chi connectivity index (χ0) is 14.0. The molecule has 2 heterocycles. The lowest BCUT2D eigenvalue weighted by Crippen LogP contribution is -1.99. The first-order chi connectivity index (χ1) is 9.01. The lowest BCUT2D eigenvalue weighted by molar-refractivity contribution is 0.431. The van der Waals surface area contributed by atoms with Crippen LogP contribution in [0.15, 0.2) is 14.7 Å². The van der Waals surface area contributed by atoms with Gasteiger partial charge in [-0.25, -0.2) is 15.0 Å². The fourth-order valence-corrected chi connectivity index (χ4v) is 2.67. The standard InChI is InChI=1S/C13H16ClN3OS/c1-5-6-10-16-11(14)7(2)12(17-10)19-13-15-8(3)9(4)18-13/h5-6H2,1-4H3. The molecular formula is C13H16ClN3OS. The van der Waals surface area contributed by atoms with Crippen LogP contribution >= 0.6 is 23.4 Å². The predicted octanol–water partition coefficient (Wildman–Crippen LogP) is 4.15. The van der Waals surface area contributed by atoms with Gasteiger partial charge in [0.2, 0.25) is 0 Å². The normalized spacial score (nSPS) is 11.0. The van der Waals surface area contributed by atoms with Gasteiger partial charge in [-0.2, -0.15) is 0 Å². The van der Waals surface area contributed by atoms with E-state index in [1.54, 1.807) is 0 Å². The van der Waals surface area contributed by atoms with Gasteiger partial charge in [0.05, 0.1) is 5.69 Å². The molecule has 0 fully saturated rings. The second-order valence-electron chi connectivity index (χ2n) is 4.33. The number of oxazole rings is 1. The van der Waals surface area contributed by atoms with E-state index in [2.05, 4.69) is 21.9 Å². The van der Waals surface area contributed by atoms with E-state index in [1.165, 1.54) is 11.8 Å². The first-order valence-corrected chi connectivity index (χ1v) is 7.35. The van der Waals surface area contributed by atoms with Crippen LogP contribution in [0.5, 0.6) is 0 Å². The minimum Gasteiger partial charge on any atom is -0.436 e. The maximum atomic E-state index is 6.14. The number of aryl methyl sites for hydroxylation is 3. The highest BCUT2D eigenvalue weighted by Crippen LogP contribution is 2.31. The van der Waals surface area contributed by atoms with Crippen LogP contribution in [0.2, 0.25) is 5.15 Å². The Morgan fingerprint density at radius 1 is 1.16 bits per heavy atom. The molecule has 0 aromatic carbocycles. The average molecular weight is 298 g/mol. The van der Waals surface area contributed by atoms with E-state index >= 15 is 0 Å². The second-order valence-corrected chi connectivity index (χ2v) is 5.63. The van der Waals surface area contributed by atoms with Gasteiger partial charge in [-0.3, -0.25) is 0 Å². The number of rotatable bonds is 4. The molecule has 0 unspecified atom stereocenters. The molecule has 2 aromatic rings. The second kappa shape index (κ2) is 5.92. The van der Waals surface area contributed by atoms with Crippen molar-refractivity contribution in [2.24, 2.45) is 0 Å². The molecule has 0 aliphatic heterocycles. The van der Waals surface area contributed by atoms with Crippen molar-refractivity contribution in [3.05, 3.63) is 28.0 Å². The Hall–Kier alpha value is -1.07. The van der Waals surface area contributed by atoms with Crippen molar-refractivity contribution >= 4 is 23.4 Å². The first kappa shape index (κ1) is 14.3. The van der Waals surface area contributed by atoms with Crippen molar-refractivity contribution in [2.75, 3.05) is 0 Å². The third-order valence-electron chi connectivity index (χ3n) is 2.75. The predicted molar refractivity (Wildman–Crippen MR) is 75.9 cm³/mol. The Kier molecular flexibility index (Phi) is 4.47. The summed E-state index contributed by atoms with van der Waals surface area (Å²) in [7, 11) is 0. The monoisotopic (exact) mass is 297 g/mol. The summed E-state index contributed by atoms with van der Waals surface area (Å²) in [6.45, 7) is 7.81. The first-order valence-electron chi connectivity index (χ1n) is 6.16. The molecule has 19 heavy (non-hydrogen) atoms. The SMILES string of the molecule is CCCc1nc(Cl)c(C)c(Sc2nc(C)c(C)o2)n1. The van der Waals surface area contributed by atoms with Gasteiger partial charge in [0.15, 0.2) is 0 Å². The van der Waals surface area contributed by atoms with Crippen molar-refractivity contribution in [2.45, 2.75) is 50.8 Å². The Labute approximate surface area is 122 Å². The molecule has 0 aliphatic rings. The molecule has 0 atom stereocenters. The molecule has 0 saturated carbocycles. The topological polar surface area (TPSA) is 51.8 Å². The third kappa shape index (κ3) is 3.28. The molecule has 0 spiro atoms. The van der Waals surface area contributed by atoms with E-state index in [0.29, 0.717) is 10.4 Å². The number of aromatic nitrogens is 3. The van der Waals surface area contributed by atoms with Gasteiger partial charge in [0.1, 0.15) is 21.8 Å². The molecule has 2 rings (SSSR count). The van der Waals surface area contributed by atoms with E-state index in [4.69, 9.17) is 16.0 Å². The van der Waals surface area contributed by atoms with E-state index in [9.17, 15) is 0 Å². The summed E-state index contributed by atoms with van der Waals surface area (Å²) < 4.78 is 5.56. The minimum absolute atomic E-state index is 0.501. The molecule has 0 aliphatic carbocycles. The van der Waals surface area contributed by atoms with Crippen molar-refractivity contribution in [3.8, 4) is 0 Å². The summed E-state index contributed by atoms with van der Waals surface area (Å²) in [5, 5.41) is 1.90. The zero-order valence-corrected chi connectivity index (χ0v) is 13.0. The van der Waals surface area contributed by atoms with Crippen molar-refractivity contribution < 1.29 is 4.42 Å². The van der Waals surface area contributed by atoms with E-state index in [1.807, 2.05) is 20.8 Å². The maximum Gasteiger partial charge on any atom is 0.262 e. The quantitative estimate of drug-likeness (QED) is 0.794. The fraction of sp³-hybridized carbons (Fsp3) is 0.462. The molecule has 4 nitrogen and oxygen atoms in total. The van der Waals surface area contributed by atoms with Crippen LogP contribution in [0, 0.1) is 20.8 Å². The van der Waals surface area contributed by atoms with Crippen molar-refractivity contribution in [3.63, 3.8) is 0 Å². The molecular weight excluding hydrogens is 282 g/mol. The number of hydrogen-bond acceptors (Lipinski definition) is 5. The van der Waals surface area contributed by atoms with Gasteiger partial charge >= 0.3 is 0 Å². The van der Waals surface area contributed by atoms with E-state index in [-0.39, 0.29) is 0 Å². The van der Waals surface area contributed by atoms with E-state index in [0.717, 1.165) is 40.7 Å². The van der Waals surface area contributed by atoms with Crippen LogP contribution in [0.4, 0.5) is 0 Å². The highest BCUT2D eigenvalue weighted by molar-refractivity contribution is 7.99. The molecule has 0 saturated heterocycles. The van der Waals surface area contributed by atoms with Crippen LogP contribution in [-0.2, 0) is 6.42 Å². The third-order valence-corrected chi connectivity index (χ3v) is 4.06. The van der Waals surface area contributed by atoms with Crippen molar-refractivity contribution in [1.29, 1.82) is 0 Å². The number of hydrogen-bond donors (Lipinski definition) is 0. The van der Waals surface area contributed by atoms with Gasteiger partial charge < -0.3 is 4.42 Å². The minimum atomic E-state index is 0.501. The highest BCUT2D eigenvalue weighted by Gasteiger charge is 2.14. The Morgan fingerprint density at radius 2 is 1.89 bits per heavy atom. The summed E-state index contributed by atoms with van der Waals surface area (Å²) in [5.74, 6) is 1.59. The highest BCUT2D eigenvalue weighted by atomic mass is 35.5. The molecule has 102 valence electrons. The Morgan fingerprint density at radius 3 is 2.47 bits per heavy atom. The van der Waals surface area contributed by atoms with Gasteiger partial charge in [-0.05, 0) is 39.0 Å². The van der Waals surface area contributed by atoms with E-state index < -0.39 is 0 Å².